The van der Waals surface area contributed by atoms with Crippen molar-refractivity contribution < 1.29 is 4.79 Å². The summed E-state index contributed by atoms with van der Waals surface area (Å²) in [5.41, 5.74) is 1.33. The minimum Gasteiger partial charge on any atom is -0.370 e. The molecule has 5 nitrogen and oxygen atoms in total. The molecule has 0 aliphatic carbocycles. The van der Waals surface area contributed by atoms with Gasteiger partial charge < -0.3 is 10.6 Å². The van der Waals surface area contributed by atoms with Gasteiger partial charge in [-0.1, -0.05) is 37.1 Å². The molecular formula is C16H19ClN4O. The molecule has 2 N–H and O–H groups in total. The fraction of sp³-hybridized carbons (Fsp3) is 0.312. The van der Waals surface area contributed by atoms with E-state index in [4.69, 9.17) is 11.6 Å². The summed E-state index contributed by atoms with van der Waals surface area (Å²) in [6, 6.07) is 9.00. The molecule has 6 heteroatoms. The number of halogens is 1. The summed E-state index contributed by atoms with van der Waals surface area (Å²) in [5, 5.41) is 6.68. The summed E-state index contributed by atoms with van der Waals surface area (Å²) in [5.74, 6) is 0.441. The van der Waals surface area contributed by atoms with Gasteiger partial charge in [-0.2, -0.15) is 0 Å². The molecule has 1 aromatic carbocycles. The van der Waals surface area contributed by atoms with Gasteiger partial charge in [0.2, 0.25) is 0 Å². The number of hydrogen-bond acceptors (Lipinski definition) is 4. The number of amides is 1. The molecule has 0 bridgehead atoms. The third kappa shape index (κ3) is 5.00. The number of benzene rings is 1. The molecule has 1 amide bonds. The Bertz CT molecular complexity index is 616. The summed E-state index contributed by atoms with van der Waals surface area (Å²) in [7, 11) is 0. The molecule has 1 heterocycles. The van der Waals surface area contributed by atoms with Crippen LogP contribution >= 0.6 is 11.6 Å². The van der Waals surface area contributed by atoms with Crippen LogP contribution in [0.4, 0.5) is 5.82 Å². The minimum absolute atomic E-state index is 0.226. The molecule has 0 radical (unpaired) electrons. The molecule has 0 spiro atoms. The van der Waals surface area contributed by atoms with Crippen LogP contribution in [0, 0.1) is 0 Å². The predicted octanol–water partition coefficient (Wildman–Crippen LogP) is 3.27. The third-order valence-corrected chi connectivity index (χ3v) is 3.35. The van der Waals surface area contributed by atoms with Gasteiger partial charge in [0, 0.05) is 24.2 Å². The molecule has 2 aromatic rings. The summed E-state index contributed by atoms with van der Waals surface area (Å²) in [6.07, 6.45) is 3.56. The van der Waals surface area contributed by atoms with E-state index in [1.807, 2.05) is 12.1 Å². The van der Waals surface area contributed by atoms with E-state index in [1.165, 1.54) is 6.33 Å². The van der Waals surface area contributed by atoms with E-state index in [-0.39, 0.29) is 5.91 Å². The number of aromatic nitrogens is 2. The van der Waals surface area contributed by atoms with Crippen molar-refractivity contribution in [2.75, 3.05) is 11.9 Å². The Morgan fingerprint density at radius 1 is 1.23 bits per heavy atom. The van der Waals surface area contributed by atoms with E-state index < -0.39 is 0 Å². The number of carbonyl (C=O) groups excluding carboxylic acids is 1. The molecule has 0 atom stereocenters. The maximum atomic E-state index is 12.1. The van der Waals surface area contributed by atoms with Crippen LogP contribution in [0.5, 0.6) is 0 Å². The molecule has 0 saturated heterocycles. The van der Waals surface area contributed by atoms with Crippen molar-refractivity contribution >= 4 is 23.3 Å². The highest BCUT2D eigenvalue weighted by Gasteiger charge is 2.08. The highest BCUT2D eigenvalue weighted by atomic mass is 35.5. The third-order valence-electron chi connectivity index (χ3n) is 3.10. The normalized spacial score (nSPS) is 10.3. The quantitative estimate of drug-likeness (QED) is 0.769. The molecule has 0 fully saturated rings. The maximum Gasteiger partial charge on any atom is 0.270 e. The average Bonchev–Trinajstić information content (AvgIpc) is 2.54. The number of hydrogen-bond donors (Lipinski definition) is 2. The Morgan fingerprint density at radius 3 is 2.73 bits per heavy atom. The van der Waals surface area contributed by atoms with E-state index in [9.17, 15) is 4.79 Å². The van der Waals surface area contributed by atoms with Crippen LogP contribution in [-0.4, -0.2) is 22.4 Å². The van der Waals surface area contributed by atoms with Crippen LogP contribution in [-0.2, 0) is 6.54 Å². The van der Waals surface area contributed by atoms with Gasteiger partial charge >= 0.3 is 0 Å². The van der Waals surface area contributed by atoms with Crippen LogP contribution < -0.4 is 10.6 Å². The lowest BCUT2D eigenvalue weighted by Gasteiger charge is -2.07. The monoisotopic (exact) mass is 318 g/mol. The topological polar surface area (TPSA) is 66.9 Å². The Hall–Kier alpha value is -2.14. The standard InChI is InChI=1S/C16H19ClN4O/c1-2-3-8-18-15-9-14(20-11-21-15)16(22)19-10-12-4-6-13(17)7-5-12/h4-7,9,11H,2-3,8,10H2,1H3,(H,19,22)(H,18,20,21). The fourth-order valence-electron chi connectivity index (χ4n) is 1.85. The number of nitrogens with zero attached hydrogens (tertiary/aromatic N) is 2. The van der Waals surface area contributed by atoms with E-state index in [0.29, 0.717) is 23.1 Å². The van der Waals surface area contributed by atoms with Crippen molar-refractivity contribution in [3.8, 4) is 0 Å². The molecule has 0 aliphatic rings. The van der Waals surface area contributed by atoms with Crippen molar-refractivity contribution in [2.45, 2.75) is 26.3 Å². The number of nitrogens with one attached hydrogen (secondary N) is 2. The smallest absolute Gasteiger partial charge is 0.270 e. The van der Waals surface area contributed by atoms with Crippen molar-refractivity contribution in [3.05, 3.63) is 52.9 Å². The number of rotatable bonds is 7. The lowest BCUT2D eigenvalue weighted by Crippen LogP contribution is -2.24. The van der Waals surface area contributed by atoms with Crippen molar-refractivity contribution in [2.24, 2.45) is 0 Å². The van der Waals surface area contributed by atoms with Crippen LogP contribution in [0.1, 0.15) is 35.8 Å². The Morgan fingerprint density at radius 2 is 2.00 bits per heavy atom. The summed E-state index contributed by atoms with van der Waals surface area (Å²) >= 11 is 5.83. The first-order valence-corrected chi connectivity index (χ1v) is 7.65. The lowest BCUT2D eigenvalue weighted by atomic mass is 10.2. The van der Waals surface area contributed by atoms with Crippen molar-refractivity contribution in [1.29, 1.82) is 0 Å². The highest BCUT2D eigenvalue weighted by Crippen LogP contribution is 2.09. The first-order valence-electron chi connectivity index (χ1n) is 7.27. The maximum absolute atomic E-state index is 12.1. The van der Waals surface area contributed by atoms with Crippen molar-refractivity contribution in [3.63, 3.8) is 0 Å². The first kappa shape index (κ1) is 16.2. The lowest BCUT2D eigenvalue weighted by molar-refractivity contribution is 0.0946. The average molecular weight is 319 g/mol. The van der Waals surface area contributed by atoms with Gasteiger partial charge in [-0.15, -0.1) is 0 Å². The largest absolute Gasteiger partial charge is 0.370 e. The molecule has 116 valence electrons. The Balaban J connectivity index is 1.91. The van der Waals surface area contributed by atoms with E-state index in [0.717, 1.165) is 24.9 Å². The van der Waals surface area contributed by atoms with E-state index in [1.54, 1.807) is 18.2 Å². The summed E-state index contributed by atoms with van der Waals surface area (Å²) in [4.78, 5) is 20.2. The first-order chi connectivity index (χ1) is 10.7. The van der Waals surface area contributed by atoms with Crippen LogP contribution in [0.15, 0.2) is 36.7 Å². The van der Waals surface area contributed by atoms with E-state index in [2.05, 4.69) is 27.5 Å². The zero-order valence-electron chi connectivity index (χ0n) is 12.5. The zero-order valence-corrected chi connectivity index (χ0v) is 13.2. The minimum atomic E-state index is -0.226. The van der Waals surface area contributed by atoms with E-state index >= 15 is 0 Å². The van der Waals surface area contributed by atoms with Gasteiger partial charge in [0.15, 0.2) is 0 Å². The zero-order chi connectivity index (χ0) is 15.8. The summed E-state index contributed by atoms with van der Waals surface area (Å²) in [6.45, 7) is 3.38. The second-order valence-corrected chi connectivity index (χ2v) is 5.31. The van der Waals surface area contributed by atoms with Gasteiger partial charge in [0.25, 0.3) is 5.91 Å². The highest BCUT2D eigenvalue weighted by molar-refractivity contribution is 6.30. The number of carbonyl (C=O) groups is 1. The van der Waals surface area contributed by atoms with Crippen LogP contribution in [0.3, 0.4) is 0 Å². The second kappa shape index (κ2) is 8.34. The van der Waals surface area contributed by atoms with Crippen LogP contribution in [0.25, 0.3) is 0 Å². The molecule has 2 rings (SSSR count). The fourth-order valence-corrected chi connectivity index (χ4v) is 1.97. The molecule has 0 aliphatic heterocycles. The van der Waals surface area contributed by atoms with Gasteiger partial charge in [-0.05, 0) is 24.1 Å². The molecule has 0 unspecified atom stereocenters. The Kier molecular flexibility index (Phi) is 6.15. The number of anilines is 1. The van der Waals surface area contributed by atoms with Crippen LogP contribution in [0.2, 0.25) is 5.02 Å². The van der Waals surface area contributed by atoms with Gasteiger partial charge in [-0.3, -0.25) is 4.79 Å². The van der Waals surface area contributed by atoms with Crippen molar-refractivity contribution in [1.82, 2.24) is 15.3 Å². The number of unbranched alkanes of at least 4 members (excludes halogenated alkanes) is 1. The van der Waals surface area contributed by atoms with Gasteiger partial charge in [0.05, 0.1) is 0 Å². The predicted molar refractivity (Wildman–Crippen MR) is 88.1 cm³/mol. The Labute approximate surface area is 135 Å². The molecule has 1 aromatic heterocycles. The summed E-state index contributed by atoms with van der Waals surface area (Å²) < 4.78 is 0. The second-order valence-electron chi connectivity index (χ2n) is 4.88. The molecular weight excluding hydrogens is 300 g/mol. The molecule has 0 saturated carbocycles. The molecule has 22 heavy (non-hydrogen) atoms. The van der Waals surface area contributed by atoms with Gasteiger partial charge in [0.1, 0.15) is 17.8 Å². The van der Waals surface area contributed by atoms with Gasteiger partial charge in [-0.25, -0.2) is 9.97 Å². The SMILES string of the molecule is CCCCNc1cc(C(=O)NCc2ccc(Cl)cc2)ncn1.